The number of carbonyl (C=O) groups is 2. The number of thiazole rings is 1. The normalized spacial score (nSPS) is 15.3. The summed E-state index contributed by atoms with van der Waals surface area (Å²) in [4.78, 5) is 41.7. The van der Waals surface area contributed by atoms with E-state index in [-0.39, 0.29) is 29.0 Å². The molecule has 0 bridgehead atoms. The number of anilines is 1. The molecule has 2 amide bonds. The summed E-state index contributed by atoms with van der Waals surface area (Å²) in [5, 5.41) is 9.17. The van der Waals surface area contributed by atoms with Crippen LogP contribution in [0.4, 0.5) is 5.13 Å². The van der Waals surface area contributed by atoms with Gasteiger partial charge in [0.25, 0.3) is 11.5 Å². The highest BCUT2D eigenvalue weighted by molar-refractivity contribution is 7.13. The first-order valence-electron chi connectivity index (χ1n) is 7.58. The van der Waals surface area contributed by atoms with Gasteiger partial charge in [-0.1, -0.05) is 0 Å². The minimum atomic E-state index is -0.260. The van der Waals surface area contributed by atoms with Crippen LogP contribution in [0.2, 0.25) is 0 Å². The molecule has 1 aliphatic rings. The highest BCUT2D eigenvalue weighted by Gasteiger charge is 2.28. The Bertz CT molecular complexity index is 794. The van der Waals surface area contributed by atoms with Crippen molar-refractivity contribution in [3.05, 3.63) is 39.8 Å². The maximum atomic E-state index is 12.4. The number of hydrogen-bond acceptors (Lipinski definition) is 6. The summed E-state index contributed by atoms with van der Waals surface area (Å²) in [6.07, 6.45) is 2.82. The molecule has 126 valence electrons. The Labute approximate surface area is 142 Å². The van der Waals surface area contributed by atoms with Crippen molar-refractivity contribution in [2.75, 3.05) is 18.4 Å². The van der Waals surface area contributed by atoms with Crippen molar-refractivity contribution in [1.29, 1.82) is 0 Å². The lowest BCUT2D eigenvalue weighted by atomic mass is 9.96. The van der Waals surface area contributed by atoms with Gasteiger partial charge in [0.1, 0.15) is 5.69 Å². The van der Waals surface area contributed by atoms with E-state index in [1.807, 2.05) is 0 Å². The van der Waals surface area contributed by atoms with Crippen LogP contribution in [0.5, 0.6) is 0 Å². The van der Waals surface area contributed by atoms with Gasteiger partial charge in [0, 0.05) is 43.7 Å². The Kier molecular flexibility index (Phi) is 4.70. The van der Waals surface area contributed by atoms with Gasteiger partial charge in [0.15, 0.2) is 5.13 Å². The van der Waals surface area contributed by atoms with Gasteiger partial charge in [0.05, 0.1) is 0 Å². The van der Waals surface area contributed by atoms with Gasteiger partial charge in [-0.05, 0) is 18.9 Å². The molecule has 3 rings (SSSR count). The van der Waals surface area contributed by atoms with E-state index < -0.39 is 0 Å². The molecule has 0 atom stereocenters. The summed E-state index contributed by atoms with van der Waals surface area (Å²) in [6, 6.07) is 2.76. The molecule has 2 aromatic rings. The highest BCUT2D eigenvalue weighted by Crippen LogP contribution is 2.21. The lowest BCUT2D eigenvalue weighted by Gasteiger charge is -2.30. The molecule has 0 radical (unpaired) electrons. The lowest BCUT2D eigenvalue weighted by Crippen LogP contribution is -2.42. The zero-order valence-electron chi connectivity index (χ0n) is 13.1. The number of aryl methyl sites for hydroxylation is 1. The van der Waals surface area contributed by atoms with Crippen LogP contribution in [0.1, 0.15) is 23.3 Å². The molecule has 0 saturated carbocycles. The molecule has 0 unspecified atom stereocenters. The van der Waals surface area contributed by atoms with Crippen LogP contribution >= 0.6 is 11.3 Å². The van der Waals surface area contributed by atoms with Crippen molar-refractivity contribution in [1.82, 2.24) is 19.7 Å². The second kappa shape index (κ2) is 6.91. The van der Waals surface area contributed by atoms with E-state index >= 15 is 0 Å². The average Bonchev–Trinajstić information content (AvgIpc) is 3.10. The van der Waals surface area contributed by atoms with Crippen molar-refractivity contribution in [3.8, 4) is 0 Å². The third kappa shape index (κ3) is 3.51. The summed E-state index contributed by atoms with van der Waals surface area (Å²) >= 11 is 1.38. The summed E-state index contributed by atoms with van der Waals surface area (Å²) in [5.74, 6) is -0.410. The molecular weight excluding hydrogens is 330 g/mol. The topological polar surface area (TPSA) is 97.2 Å². The molecule has 24 heavy (non-hydrogen) atoms. The molecule has 1 aliphatic heterocycles. The summed E-state index contributed by atoms with van der Waals surface area (Å²) < 4.78 is 1.14. The predicted molar refractivity (Wildman–Crippen MR) is 88.8 cm³/mol. The van der Waals surface area contributed by atoms with Gasteiger partial charge in [-0.15, -0.1) is 11.3 Å². The van der Waals surface area contributed by atoms with E-state index in [9.17, 15) is 14.4 Å². The van der Waals surface area contributed by atoms with Crippen molar-refractivity contribution >= 4 is 28.3 Å². The molecule has 0 spiro atoms. The second-order valence-electron chi connectivity index (χ2n) is 5.57. The Hall–Kier alpha value is -2.55. The van der Waals surface area contributed by atoms with Crippen LogP contribution in [-0.2, 0) is 11.8 Å². The van der Waals surface area contributed by atoms with Crippen LogP contribution in [0.25, 0.3) is 0 Å². The quantitative estimate of drug-likeness (QED) is 0.883. The van der Waals surface area contributed by atoms with Gasteiger partial charge < -0.3 is 10.2 Å². The molecule has 1 N–H and O–H groups in total. The fourth-order valence-electron chi connectivity index (χ4n) is 2.62. The first-order chi connectivity index (χ1) is 11.5. The van der Waals surface area contributed by atoms with Crippen LogP contribution in [0, 0.1) is 5.92 Å². The summed E-state index contributed by atoms with van der Waals surface area (Å²) in [6.45, 7) is 0.971. The molecule has 1 fully saturated rings. The maximum absolute atomic E-state index is 12.4. The number of aromatic nitrogens is 3. The Morgan fingerprint density at radius 1 is 1.29 bits per heavy atom. The Morgan fingerprint density at radius 3 is 2.67 bits per heavy atom. The van der Waals surface area contributed by atoms with Crippen molar-refractivity contribution < 1.29 is 9.59 Å². The van der Waals surface area contributed by atoms with Gasteiger partial charge in [-0.3, -0.25) is 14.4 Å². The molecule has 8 nitrogen and oxygen atoms in total. The number of nitrogens with one attached hydrogen (secondary N) is 1. The number of likely N-dealkylation sites (tertiary alicyclic amines) is 1. The average molecular weight is 347 g/mol. The van der Waals surface area contributed by atoms with Crippen molar-refractivity contribution in [2.24, 2.45) is 13.0 Å². The van der Waals surface area contributed by atoms with E-state index in [1.54, 1.807) is 16.5 Å². The first-order valence-corrected chi connectivity index (χ1v) is 8.46. The zero-order valence-corrected chi connectivity index (χ0v) is 14.0. The smallest absolute Gasteiger partial charge is 0.274 e. The maximum Gasteiger partial charge on any atom is 0.274 e. The molecule has 0 aromatic carbocycles. The number of rotatable bonds is 3. The minimum absolute atomic E-state index is 0.0581. The number of carbonyl (C=O) groups excluding carboxylic acids is 2. The Balaban J connectivity index is 1.58. The van der Waals surface area contributed by atoms with E-state index in [1.165, 1.54) is 30.5 Å². The third-order valence-electron chi connectivity index (χ3n) is 3.99. The number of amides is 2. The summed E-state index contributed by atoms with van der Waals surface area (Å²) in [5.41, 5.74) is -0.0214. The van der Waals surface area contributed by atoms with Gasteiger partial charge >= 0.3 is 0 Å². The Morgan fingerprint density at radius 2 is 2.04 bits per heavy atom. The monoisotopic (exact) mass is 347 g/mol. The van der Waals surface area contributed by atoms with Crippen LogP contribution in [-0.4, -0.2) is 44.6 Å². The third-order valence-corrected chi connectivity index (χ3v) is 4.68. The number of nitrogens with zero attached hydrogens (tertiary/aromatic N) is 4. The fourth-order valence-corrected chi connectivity index (χ4v) is 3.15. The van der Waals surface area contributed by atoms with Gasteiger partial charge in [-0.25, -0.2) is 9.67 Å². The van der Waals surface area contributed by atoms with E-state index in [0.29, 0.717) is 31.1 Å². The highest BCUT2D eigenvalue weighted by atomic mass is 32.1. The molecule has 0 aliphatic carbocycles. The fraction of sp³-hybridized carbons (Fsp3) is 0.400. The first kappa shape index (κ1) is 16.3. The molecule has 9 heteroatoms. The lowest BCUT2D eigenvalue weighted by molar-refractivity contribution is -0.121. The minimum Gasteiger partial charge on any atom is -0.337 e. The van der Waals surface area contributed by atoms with E-state index in [0.717, 1.165) is 4.68 Å². The van der Waals surface area contributed by atoms with Crippen LogP contribution in [0.3, 0.4) is 0 Å². The van der Waals surface area contributed by atoms with Crippen molar-refractivity contribution in [3.63, 3.8) is 0 Å². The van der Waals surface area contributed by atoms with Crippen LogP contribution < -0.4 is 10.9 Å². The number of piperidine rings is 1. The standard InChI is InChI=1S/C15H17N5O3S/c1-19-12(21)3-2-11(18-19)14(23)20-7-4-10(5-8-20)13(22)17-15-16-6-9-24-15/h2-3,6,9-10H,4-5,7-8H2,1H3,(H,16,17,22). The summed E-state index contributed by atoms with van der Waals surface area (Å²) in [7, 11) is 1.51. The number of hydrogen-bond donors (Lipinski definition) is 1. The largest absolute Gasteiger partial charge is 0.337 e. The molecule has 3 heterocycles. The van der Waals surface area contributed by atoms with Crippen molar-refractivity contribution in [2.45, 2.75) is 12.8 Å². The molecule has 1 saturated heterocycles. The van der Waals surface area contributed by atoms with Gasteiger partial charge in [-0.2, -0.15) is 5.10 Å². The molecule has 2 aromatic heterocycles. The van der Waals surface area contributed by atoms with Crippen LogP contribution in [0.15, 0.2) is 28.5 Å². The van der Waals surface area contributed by atoms with E-state index in [4.69, 9.17) is 0 Å². The predicted octanol–water partition coefficient (Wildman–Crippen LogP) is 0.728. The van der Waals surface area contributed by atoms with E-state index in [2.05, 4.69) is 15.4 Å². The van der Waals surface area contributed by atoms with Gasteiger partial charge in [0.2, 0.25) is 5.91 Å². The SMILES string of the molecule is Cn1nc(C(=O)N2CCC(C(=O)Nc3nccs3)CC2)ccc1=O. The zero-order chi connectivity index (χ0) is 17.1. The molecular formula is C15H17N5O3S. The second-order valence-corrected chi connectivity index (χ2v) is 6.47.